The Kier molecular flexibility index (Phi) is 6.08. The second-order valence-electron chi connectivity index (χ2n) is 5.94. The van der Waals surface area contributed by atoms with Crippen molar-refractivity contribution in [2.75, 3.05) is 13.2 Å². The minimum Gasteiger partial charge on any atom is -0.376 e. The topological polar surface area (TPSA) is 21.3 Å². The molecule has 0 heterocycles. The lowest BCUT2D eigenvalue weighted by Gasteiger charge is -2.37. The number of nitrogens with one attached hydrogen (secondary N) is 1. The molecule has 1 N–H and O–H groups in total. The second kappa shape index (κ2) is 7.14. The van der Waals surface area contributed by atoms with Gasteiger partial charge >= 0.3 is 0 Å². The average Bonchev–Trinajstić information content (AvgIpc) is 2.33. The van der Waals surface area contributed by atoms with Crippen LogP contribution < -0.4 is 5.32 Å². The number of likely N-dealkylation sites (N-methyl/N-ethyl adjacent to an activating group) is 1. The van der Waals surface area contributed by atoms with Crippen molar-refractivity contribution in [3.05, 3.63) is 35.4 Å². The number of ether oxygens (including phenoxy) is 1. The summed E-state index contributed by atoms with van der Waals surface area (Å²) in [5, 5.41) is 3.26. The van der Waals surface area contributed by atoms with Crippen LogP contribution in [0.5, 0.6) is 0 Å². The molecule has 0 saturated carbocycles. The first-order valence-electron chi connectivity index (χ1n) is 7.11. The Morgan fingerprint density at radius 3 is 2.30 bits per heavy atom. The summed E-state index contributed by atoms with van der Waals surface area (Å²) in [5.74, 6) is -1.10. The maximum absolute atomic E-state index is 14.1. The molecule has 2 atom stereocenters. The molecule has 0 fully saturated rings. The zero-order valence-electron chi connectivity index (χ0n) is 13.0. The summed E-state index contributed by atoms with van der Waals surface area (Å²) in [6, 6.07) is 3.40. The van der Waals surface area contributed by atoms with E-state index < -0.39 is 11.6 Å². The van der Waals surface area contributed by atoms with Crippen LogP contribution in [0.3, 0.4) is 0 Å². The smallest absolute Gasteiger partial charge is 0.130 e. The van der Waals surface area contributed by atoms with Gasteiger partial charge in [0.2, 0.25) is 0 Å². The van der Waals surface area contributed by atoms with Crippen molar-refractivity contribution in [1.82, 2.24) is 5.32 Å². The predicted molar refractivity (Wildman–Crippen MR) is 77.6 cm³/mol. The first-order valence-corrected chi connectivity index (χ1v) is 7.11. The van der Waals surface area contributed by atoms with Gasteiger partial charge in [0.25, 0.3) is 0 Å². The molecule has 2 unspecified atom stereocenters. The van der Waals surface area contributed by atoms with Gasteiger partial charge in [0.05, 0.1) is 12.1 Å². The van der Waals surface area contributed by atoms with Crippen LogP contribution in [0.1, 0.15) is 46.2 Å². The number of hydrogen-bond acceptors (Lipinski definition) is 2. The van der Waals surface area contributed by atoms with E-state index in [2.05, 4.69) is 26.1 Å². The standard InChI is InChI=1S/C16H25F2NO/c1-6-19-14(15(20-7-2)16(3,4)5)12-9-8-11(17)10-13(12)18/h8-10,14-15,19H,6-7H2,1-5H3. The molecule has 0 aliphatic heterocycles. The monoisotopic (exact) mass is 285 g/mol. The van der Waals surface area contributed by atoms with E-state index in [0.29, 0.717) is 18.7 Å². The van der Waals surface area contributed by atoms with Crippen LogP contribution in [0.4, 0.5) is 8.78 Å². The van der Waals surface area contributed by atoms with Crippen LogP contribution in [-0.2, 0) is 4.74 Å². The first kappa shape index (κ1) is 17.1. The summed E-state index contributed by atoms with van der Waals surface area (Å²) < 4.78 is 33.0. The van der Waals surface area contributed by atoms with Gasteiger partial charge in [-0.1, -0.05) is 33.8 Å². The summed E-state index contributed by atoms with van der Waals surface area (Å²) in [6.45, 7) is 11.3. The van der Waals surface area contributed by atoms with Crippen LogP contribution in [0.2, 0.25) is 0 Å². The molecule has 4 heteroatoms. The fraction of sp³-hybridized carbons (Fsp3) is 0.625. The summed E-state index contributed by atoms with van der Waals surface area (Å²) >= 11 is 0. The fourth-order valence-electron chi connectivity index (χ4n) is 2.38. The van der Waals surface area contributed by atoms with Gasteiger partial charge in [-0.3, -0.25) is 0 Å². The molecule has 0 aromatic heterocycles. The van der Waals surface area contributed by atoms with Crippen LogP contribution in [0.25, 0.3) is 0 Å². The van der Waals surface area contributed by atoms with E-state index in [0.717, 1.165) is 6.07 Å². The SMILES string of the molecule is CCNC(c1ccc(F)cc1F)C(OCC)C(C)(C)C. The molecule has 114 valence electrons. The van der Waals surface area contributed by atoms with Crippen molar-refractivity contribution >= 4 is 0 Å². The van der Waals surface area contributed by atoms with Gasteiger partial charge in [-0.2, -0.15) is 0 Å². The Bertz CT molecular complexity index is 429. The third-order valence-corrected chi connectivity index (χ3v) is 3.22. The van der Waals surface area contributed by atoms with E-state index in [4.69, 9.17) is 4.74 Å². The molecule has 1 rings (SSSR count). The molecule has 0 radical (unpaired) electrons. The highest BCUT2D eigenvalue weighted by atomic mass is 19.1. The van der Waals surface area contributed by atoms with Crippen molar-refractivity contribution in [3.63, 3.8) is 0 Å². The van der Waals surface area contributed by atoms with Crippen molar-refractivity contribution in [1.29, 1.82) is 0 Å². The highest BCUT2D eigenvalue weighted by Crippen LogP contribution is 2.34. The molecule has 0 saturated heterocycles. The van der Waals surface area contributed by atoms with E-state index in [1.807, 2.05) is 13.8 Å². The quantitative estimate of drug-likeness (QED) is 0.851. The lowest BCUT2D eigenvalue weighted by molar-refractivity contribution is -0.0369. The van der Waals surface area contributed by atoms with E-state index in [1.54, 1.807) is 0 Å². The van der Waals surface area contributed by atoms with Crippen LogP contribution in [-0.4, -0.2) is 19.3 Å². The first-order chi connectivity index (χ1) is 9.31. The summed E-state index contributed by atoms with van der Waals surface area (Å²) in [7, 11) is 0. The lowest BCUT2D eigenvalue weighted by atomic mass is 9.81. The van der Waals surface area contributed by atoms with E-state index in [-0.39, 0.29) is 17.6 Å². The summed E-state index contributed by atoms with van der Waals surface area (Å²) in [5.41, 5.74) is 0.283. The molecule has 2 nitrogen and oxygen atoms in total. The Morgan fingerprint density at radius 2 is 1.85 bits per heavy atom. The van der Waals surface area contributed by atoms with Crippen LogP contribution in [0.15, 0.2) is 18.2 Å². The number of benzene rings is 1. The van der Waals surface area contributed by atoms with Gasteiger partial charge in [-0.25, -0.2) is 8.78 Å². The van der Waals surface area contributed by atoms with Gasteiger partial charge in [0.15, 0.2) is 0 Å². The summed E-state index contributed by atoms with van der Waals surface area (Å²) in [6.07, 6.45) is -0.201. The van der Waals surface area contributed by atoms with Crippen molar-refractivity contribution in [2.45, 2.75) is 46.8 Å². The van der Waals surface area contributed by atoms with Gasteiger partial charge in [-0.05, 0) is 24.9 Å². The maximum Gasteiger partial charge on any atom is 0.130 e. The zero-order valence-corrected chi connectivity index (χ0v) is 13.0. The van der Waals surface area contributed by atoms with Gasteiger partial charge in [0.1, 0.15) is 11.6 Å². The molecule has 1 aromatic carbocycles. The molecule has 0 amide bonds. The molecule has 0 aliphatic carbocycles. The molecule has 0 bridgehead atoms. The Hall–Kier alpha value is -1.00. The molecule has 0 aliphatic rings. The van der Waals surface area contributed by atoms with E-state index in [1.165, 1.54) is 12.1 Å². The molecule has 20 heavy (non-hydrogen) atoms. The zero-order chi connectivity index (χ0) is 15.3. The Morgan fingerprint density at radius 1 is 1.20 bits per heavy atom. The van der Waals surface area contributed by atoms with Crippen molar-refractivity contribution < 1.29 is 13.5 Å². The molecule has 0 spiro atoms. The van der Waals surface area contributed by atoms with E-state index >= 15 is 0 Å². The second-order valence-corrected chi connectivity index (χ2v) is 5.94. The fourth-order valence-corrected chi connectivity index (χ4v) is 2.38. The van der Waals surface area contributed by atoms with Crippen molar-refractivity contribution in [2.24, 2.45) is 5.41 Å². The minimum atomic E-state index is -0.565. The van der Waals surface area contributed by atoms with Gasteiger partial charge in [0, 0.05) is 18.2 Å². The third-order valence-electron chi connectivity index (χ3n) is 3.22. The lowest BCUT2D eigenvalue weighted by Crippen LogP contribution is -2.42. The Labute approximate surface area is 120 Å². The summed E-state index contributed by atoms with van der Waals surface area (Å²) in [4.78, 5) is 0. The largest absolute Gasteiger partial charge is 0.376 e. The number of halogens is 2. The molecular formula is C16H25F2NO. The molecular weight excluding hydrogens is 260 g/mol. The predicted octanol–water partition coefficient (Wildman–Crippen LogP) is 4.07. The number of rotatable bonds is 6. The van der Waals surface area contributed by atoms with Gasteiger partial charge < -0.3 is 10.1 Å². The maximum atomic E-state index is 14.1. The van der Waals surface area contributed by atoms with Crippen LogP contribution >= 0.6 is 0 Å². The highest BCUT2D eigenvalue weighted by Gasteiger charge is 2.34. The minimum absolute atomic E-state index is 0.163. The van der Waals surface area contributed by atoms with Crippen molar-refractivity contribution in [3.8, 4) is 0 Å². The number of hydrogen-bond donors (Lipinski definition) is 1. The normalized spacial score (nSPS) is 15.2. The average molecular weight is 285 g/mol. The van der Waals surface area contributed by atoms with E-state index in [9.17, 15) is 8.78 Å². The Balaban J connectivity index is 3.19. The highest BCUT2D eigenvalue weighted by molar-refractivity contribution is 5.24. The van der Waals surface area contributed by atoms with Gasteiger partial charge in [-0.15, -0.1) is 0 Å². The third kappa shape index (κ3) is 4.25. The molecule has 1 aromatic rings. The van der Waals surface area contributed by atoms with Crippen LogP contribution in [0, 0.1) is 17.0 Å².